The number of halogens is 2. The van der Waals surface area contributed by atoms with Crippen molar-refractivity contribution in [2.24, 2.45) is 0 Å². The molecule has 0 saturated heterocycles. The van der Waals surface area contributed by atoms with E-state index in [0.717, 1.165) is 11.3 Å². The van der Waals surface area contributed by atoms with Crippen LogP contribution < -0.4 is 0 Å². The van der Waals surface area contributed by atoms with Crippen molar-refractivity contribution in [2.75, 3.05) is 19.8 Å². The fourth-order valence-electron chi connectivity index (χ4n) is 1.83. The number of aromatic nitrogens is 1. The van der Waals surface area contributed by atoms with E-state index in [1.165, 1.54) is 6.08 Å². The molecule has 0 amide bonds. The summed E-state index contributed by atoms with van der Waals surface area (Å²) < 4.78 is 17.4. The smallest absolute Gasteiger partial charge is 0.333 e. The summed E-state index contributed by atoms with van der Waals surface area (Å²) in [5.74, 6) is -0.390. The molecule has 0 atom stereocenters. The number of rotatable bonds is 5. The summed E-state index contributed by atoms with van der Waals surface area (Å²) in [5, 5.41) is 0.574. The number of ether oxygens (including phenoxy) is 1. The predicted octanol–water partition coefficient (Wildman–Crippen LogP) is 2.26. The first kappa shape index (κ1) is 13.8. The van der Waals surface area contributed by atoms with Crippen molar-refractivity contribution < 1.29 is 13.9 Å². The van der Waals surface area contributed by atoms with E-state index in [1.54, 1.807) is 17.2 Å². The van der Waals surface area contributed by atoms with E-state index >= 15 is 0 Å². The van der Waals surface area contributed by atoms with Gasteiger partial charge in [-0.3, -0.25) is 4.98 Å². The zero-order valence-corrected chi connectivity index (χ0v) is 11.3. The van der Waals surface area contributed by atoms with Gasteiger partial charge in [-0.15, -0.1) is 0 Å². The topological polar surface area (TPSA) is 42.4 Å². The molecule has 2 rings (SSSR count). The van der Waals surface area contributed by atoms with Crippen molar-refractivity contribution in [1.29, 1.82) is 0 Å². The molecule has 4 nitrogen and oxygen atoms in total. The van der Waals surface area contributed by atoms with Crippen molar-refractivity contribution in [2.45, 2.75) is 13.5 Å². The Kier molecular flexibility index (Phi) is 4.37. The van der Waals surface area contributed by atoms with Gasteiger partial charge in [0.05, 0.1) is 16.4 Å². The van der Waals surface area contributed by atoms with Crippen LogP contribution in [0, 0.1) is 6.92 Å². The zero-order chi connectivity index (χ0) is 13.8. The first-order valence-electron chi connectivity index (χ1n) is 5.89. The number of hydrogen-bond donors (Lipinski definition) is 0. The van der Waals surface area contributed by atoms with E-state index in [1.807, 2.05) is 6.92 Å². The quantitative estimate of drug-likeness (QED) is 0.778. The maximum absolute atomic E-state index is 12.6. The summed E-state index contributed by atoms with van der Waals surface area (Å²) in [7, 11) is 0. The van der Waals surface area contributed by atoms with Gasteiger partial charge in [0.2, 0.25) is 0 Å². The molecule has 102 valence electrons. The Morgan fingerprint density at radius 1 is 1.58 bits per heavy atom. The molecule has 0 fully saturated rings. The fourth-order valence-corrected chi connectivity index (χ4v) is 2.01. The highest BCUT2D eigenvalue weighted by Crippen LogP contribution is 2.19. The lowest BCUT2D eigenvalue weighted by atomic mass is 10.2. The highest BCUT2D eigenvalue weighted by molar-refractivity contribution is 6.31. The number of hydrogen-bond acceptors (Lipinski definition) is 4. The van der Waals surface area contributed by atoms with Gasteiger partial charge in [-0.1, -0.05) is 11.6 Å². The van der Waals surface area contributed by atoms with Crippen LogP contribution in [0.2, 0.25) is 5.02 Å². The number of nitrogens with zero attached hydrogens (tertiary/aromatic N) is 2. The first-order chi connectivity index (χ1) is 9.10. The van der Waals surface area contributed by atoms with Crippen LogP contribution in [-0.4, -0.2) is 35.7 Å². The average Bonchev–Trinajstić information content (AvgIpc) is 2.80. The molecule has 0 saturated carbocycles. The van der Waals surface area contributed by atoms with Crippen LogP contribution in [0.5, 0.6) is 0 Å². The van der Waals surface area contributed by atoms with Crippen LogP contribution in [0.15, 0.2) is 24.0 Å². The molecule has 0 aromatic carbocycles. The van der Waals surface area contributed by atoms with Crippen molar-refractivity contribution in [3.63, 3.8) is 0 Å². The van der Waals surface area contributed by atoms with Crippen molar-refractivity contribution in [1.82, 2.24) is 9.88 Å². The van der Waals surface area contributed by atoms with E-state index in [2.05, 4.69) is 4.98 Å². The molecule has 0 bridgehead atoms. The van der Waals surface area contributed by atoms with Crippen molar-refractivity contribution in [3.8, 4) is 0 Å². The third kappa shape index (κ3) is 3.44. The maximum Gasteiger partial charge on any atom is 0.333 e. The Morgan fingerprint density at radius 3 is 2.95 bits per heavy atom. The summed E-state index contributed by atoms with van der Waals surface area (Å²) >= 11 is 6.01. The minimum atomic E-state index is -0.501. The molecule has 1 aromatic rings. The van der Waals surface area contributed by atoms with Gasteiger partial charge < -0.3 is 9.64 Å². The maximum atomic E-state index is 12.6. The second-order valence-corrected chi connectivity index (χ2v) is 4.67. The molecule has 0 aliphatic carbocycles. The zero-order valence-electron chi connectivity index (χ0n) is 10.5. The van der Waals surface area contributed by atoms with Crippen LogP contribution in [0.4, 0.5) is 4.39 Å². The molecule has 0 radical (unpaired) electrons. The number of esters is 1. The molecule has 1 aliphatic heterocycles. The van der Waals surface area contributed by atoms with Crippen LogP contribution >= 0.6 is 11.6 Å². The van der Waals surface area contributed by atoms with Crippen molar-refractivity contribution >= 4 is 17.6 Å². The summed E-state index contributed by atoms with van der Waals surface area (Å²) in [6.07, 6.45) is 3.09. The lowest BCUT2D eigenvalue weighted by Crippen LogP contribution is -2.26. The molecule has 0 unspecified atom stereocenters. The Bertz CT molecular complexity index is 519. The molecule has 1 aliphatic rings. The number of carbonyl (C=O) groups excluding carboxylic acids is 1. The Labute approximate surface area is 115 Å². The monoisotopic (exact) mass is 284 g/mol. The number of pyridine rings is 1. The second-order valence-electron chi connectivity index (χ2n) is 4.26. The van der Waals surface area contributed by atoms with Crippen molar-refractivity contribution in [3.05, 3.63) is 40.3 Å². The van der Waals surface area contributed by atoms with Gasteiger partial charge in [0.1, 0.15) is 13.3 Å². The van der Waals surface area contributed by atoms with Gasteiger partial charge in [-0.25, -0.2) is 9.18 Å². The normalized spacial score (nSPS) is 14.3. The standard InChI is InChI=1S/C13H14ClFN2O2/c1-9-12(14)4-10(6-16-9)7-17(3-2-15)11-5-13(18)19-8-11/h4-6H,2-3,7-8H2,1H3. The molecular weight excluding hydrogens is 271 g/mol. The molecule has 0 spiro atoms. The van der Waals surface area contributed by atoms with Gasteiger partial charge in [-0.05, 0) is 18.6 Å². The third-order valence-electron chi connectivity index (χ3n) is 2.86. The molecular formula is C13H14ClFN2O2. The molecule has 6 heteroatoms. The molecule has 2 heterocycles. The molecule has 1 aromatic heterocycles. The minimum absolute atomic E-state index is 0.186. The first-order valence-corrected chi connectivity index (χ1v) is 6.27. The second kappa shape index (κ2) is 6.02. The summed E-state index contributed by atoms with van der Waals surface area (Å²) in [6.45, 7) is 2.15. The van der Waals surface area contributed by atoms with Crippen LogP contribution in [0.3, 0.4) is 0 Å². The number of aryl methyl sites for hydroxylation is 1. The Balaban J connectivity index is 2.14. The van der Waals surface area contributed by atoms with E-state index in [-0.39, 0.29) is 19.1 Å². The van der Waals surface area contributed by atoms with Crippen LogP contribution in [0.1, 0.15) is 11.3 Å². The molecule has 0 N–H and O–H groups in total. The van der Waals surface area contributed by atoms with E-state index in [4.69, 9.17) is 16.3 Å². The lowest BCUT2D eigenvalue weighted by Gasteiger charge is -2.23. The summed E-state index contributed by atoms with van der Waals surface area (Å²) in [6, 6.07) is 1.80. The minimum Gasteiger partial charge on any atom is -0.456 e. The Hall–Kier alpha value is -1.62. The van der Waals surface area contributed by atoms with Gasteiger partial charge in [-0.2, -0.15) is 0 Å². The van der Waals surface area contributed by atoms with Gasteiger partial charge in [0.15, 0.2) is 0 Å². The van der Waals surface area contributed by atoms with Gasteiger partial charge in [0, 0.05) is 25.4 Å². The average molecular weight is 285 g/mol. The number of carbonyl (C=O) groups is 1. The lowest BCUT2D eigenvalue weighted by molar-refractivity contribution is -0.135. The summed E-state index contributed by atoms with van der Waals surface area (Å²) in [5.41, 5.74) is 2.30. The number of cyclic esters (lactones) is 1. The van der Waals surface area contributed by atoms with E-state index < -0.39 is 6.67 Å². The fraction of sp³-hybridized carbons (Fsp3) is 0.385. The third-order valence-corrected chi connectivity index (χ3v) is 3.25. The largest absolute Gasteiger partial charge is 0.456 e. The van der Waals surface area contributed by atoms with E-state index in [0.29, 0.717) is 17.3 Å². The number of alkyl halides is 1. The Morgan fingerprint density at radius 2 is 2.37 bits per heavy atom. The highest BCUT2D eigenvalue weighted by atomic mass is 35.5. The van der Waals surface area contributed by atoms with Crippen LogP contribution in [0.25, 0.3) is 0 Å². The van der Waals surface area contributed by atoms with Gasteiger partial charge >= 0.3 is 5.97 Å². The summed E-state index contributed by atoms with van der Waals surface area (Å²) in [4.78, 5) is 17.0. The SMILES string of the molecule is Cc1ncc(CN(CCF)C2=CC(=O)OC2)cc1Cl. The van der Waals surface area contributed by atoms with E-state index in [9.17, 15) is 9.18 Å². The van der Waals surface area contributed by atoms with Gasteiger partial charge in [0.25, 0.3) is 0 Å². The predicted molar refractivity (Wildman–Crippen MR) is 69.4 cm³/mol. The molecule has 19 heavy (non-hydrogen) atoms. The van der Waals surface area contributed by atoms with Crippen LogP contribution in [-0.2, 0) is 16.1 Å². The highest BCUT2D eigenvalue weighted by Gasteiger charge is 2.19.